The van der Waals surface area contributed by atoms with Crippen molar-refractivity contribution in [2.45, 2.75) is 70.4 Å². The maximum atomic E-state index is 13.4. The van der Waals surface area contributed by atoms with Gasteiger partial charge in [0.25, 0.3) is 0 Å². The zero-order valence-corrected chi connectivity index (χ0v) is 18.4. The number of amides is 1. The van der Waals surface area contributed by atoms with Crippen LogP contribution in [-0.2, 0) is 11.2 Å². The summed E-state index contributed by atoms with van der Waals surface area (Å²) in [4.78, 5) is 15.8. The zero-order valence-electron chi connectivity index (χ0n) is 18.4. The molecule has 0 spiro atoms. The molecule has 1 aliphatic carbocycles. The minimum absolute atomic E-state index is 0.162. The number of carbonyl (C=O) groups excluding carboxylic acids is 1. The van der Waals surface area contributed by atoms with Crippen molar-refractivity contribution < 1.29 is 4.79 Å². The van der Waals surface area contributed by atoms with E-state index in [0.29, 0.717) is 12.0 Å². The first-order valence-electron chi connectivity index (χ1n) is 11.8. The number of likely N-dealkylation sites (tertiary alicyclic amines) is 1. The van der Waals surface area contributed by atoms with Gasteiger partial charge < -0.3 is 5.32 Å². The summed E-state index contributed by atoms with van der Waals surface area (Å²) >= 11 is 0. The summed E-state index contributed by atoms with van der Waals surface area (Å²) in [6.07, 6.45) is 9.52. The molecule has 1 saturated heterocycles. The summed E-state index contributed by atoms with van der Waals surface area (Å²) in [5, 5.41) is 3.40. The predicted molar refractivity (Wildman–Crippen MR) is 123 cm³/mol. The van der Waals surface area contributed by atoms with Gasteiger partial charge in [-0.1, -0.05) is 79.4 Å². The van der Waals surface area contributed by atoms with Gasteiger partial charge in [-0.3, -0.25) is 9.69 Å². The second-order valence-corrected chi connectivity index (χ2v) is 9.33. The molecular weight excluding hydrogens is 368 g/mol. The molecule has 160 valence electrons. The van der Waals surface area contributed by atoms with Crippen molar-refractivity contribution in [3.8, 4) is 0 Å². The molecule has 1 aliphatic heterocycles. The Morgan fingerprint density at radius 1 is 0.933 bits per heavy atom. The van der Waals surface area contributed by atoms with E-state index in [1.54, 1.807) is 0 Å². The molecule has 1 amide bonds. The molecule has 1 atom stereocenters. The highest BCUT2D eigenvalue weighted by molar-refractivity contribution is 5.83. The average Bonchev–Trinajstić information content (AvgIpc) is 2.78. The molecule has 0 radical (unpaired) electrons. The van der Waals surface area contributed by atoms with Crippen LogP contribution < -0.4 is 5.32 Å². The van der Waals surface area contributed by atoms with Gasteiger partial charge in [-0.2, -0.15) is 0 Å². The Kier molecular flexibility index (Phi) is 7.22. The molecule has 2 fully saturated rings. The van der Waals surface area contributed by atoms with E-state index >= 15 is 0 Å². The van der Waals surface area contributed by atoms with Gasteiger partial charge in [0.15, 0.2) is 0 Å². The molecule has 3 heteroatoms. The second kappa shape index (κ2) is 10.3. The maximum Gasteiger partial charge on any atom is 0.242 e. The molecule has 2 aromatic carbocycles. The quantitative estimate of drug-likeness (QED) is 0.695. The van der Waals surface area contributed by atoms with E-state index < -0.39 is 0 Å². The lowest BCUT2D eigenvalue weighted by Crippen LogP contribution is -2.47. The molecule has 30 heavy (non-hydrogen) atoms. The van der Waals surface area contributed by atoms with Crippen LogP contribution in [0.25, 0.3) is 0 Å². The number of nitrogens with one attached hydrogen (secondary N) is 1. The molecular formula is C27H36N2O. The summed E-state index contributed by atoms with van der Waals surface area (Å²) in [7, 11) is 0. The first-order valence-corrected chi connectivity index (χ1v) is 11.8. The third kappa shape index (κ3) is 5.51. The Bertz CT molecular complexity index is 787. The maximum absolute atomic E-state index is 13.4. The van der Waals surface area contributed by atoms with Gasteiger partial charge in [0.1, 0.15) is 6.04 Å². The molecule has 1 saturated carbocycles. The number of benzene rings is 2. The number of nitrogens with zero attached hydrogens (tertiary/aromatic N) is 1. The van der Waals surface area contributed by atoms with Crippen molar-refractivity contribution in [2.24, 2.45) is 5.92 Å². The standard InChI is InChI=1S/C27H36N2O/c1-21-12-14-24(15-13-21)26(27(30)28-25-10-6-3-7-11-25)29-18-16-23(17-19-29)20-22-8-4-2-5-9-22/h2,4-5,8-9,12-15,23,25-26H,3,6-7,10-11,16-20H2,1H3,(H,28,30). The third-order valence-corrected chi connectivity index (χ3v) is 6.97. The fourth-order valence-corrected chi connectivity index (χ4v) is 5.17. The van der Waals surface area contributed by atoms with Crippen LogP contribution in [-0.4, -0.2) is 29.9 Å². The highest BCUT2D eigenvalue weighted by Gasteiger charge is 2.32. The molecule has 2 aliphatic rings. The topological polar surface area (TPSA) is 32.3 Å². The Hall–Kier alpha value is -2.13. The van der Waals surface area contributed by atoms with Crippen LogP contribution in [0.2, 0.25) is 0 Å². The fraction of sp³-hybridized carbons (Fsp3) is 0.519. The lowest BCUT2D eigenvalue weighted by Gasteiger charge is -2.38. The van der Waals surface area contributed by atoms with Gasteiger partial charge in [0.05, 0.1) is 0 Å². The molecule has 1 heterocycles. The molecule has 3 nitrogen and oxygen atoms in total. The van der Waals surface area contributed by atoms with E-state index in [-0.39, 0.29) is 11.9 Å². The Morgan fingerprint density at radius 3 is 2.27 bits per heavy atom. The minimum atomic E-state index is -0.162. The number of hydrogen-bond donors (Lipinski definition) is 1. The van der Waals surface area contributed by atoms with Crippen LogP contribution in [0.4, 0.5) is 0 Å². The zero-order chi connectivity index (χ0) is 20.8. The summed E-state index contributed by atoms with van der Waals surface area (Å²) in [6, 6.07) is 19.6. The van der Waals surface area contributed by atoms with Gasteiger partial charge in [-0.15, -0.1) is 0 Å². The van der Waals surface area contributed by atoms with Crippen molar-refractivity contribution in [2.75, 3.05) is 13.1 Å². The monoisotopic (exact) mass is 404 g/mol. The highest BCUT2D eigenvalue weighted by Crippen LogP contribution is 2.30. The normalized spacial score (nSPS) is 20.0. The smallest absolute Gasteiger partial charge is 0.242 e. The van der Waals surface area contributed by atoms with Gasteiger partial charge >= 0.3 is 0 Å². The number of carbonyl (C=O) groups is 1. The molecule has 2 aromatic rings. The predicted octanol–water partition coefficient (Wildman–Crippen LogP) is 5.44. The van der Waals surface area contributed by atoms with Gasteiger partial charge in [-0.05, 0) is 69.2 Å². The number of piperidine rings is 1. The average molecular weight is 405 g/mol. The van der Waals surface area contributed by atoms with E-state index in [1.165, 1.54) is 30.4 Å². The Balaban J connectivity index is 1.43. The summed E-state index contributed by atoms with van der Waals surface area (Å²) < 4.78 is 0. The SMILES string of the molecule is Cc1ccc(C(C(=O)NC2CCCCC2)N2CCC(Cc3ccccc3)CC2)cc1. The van der Waals surface area contributed by atoms with Crippen molar-refractivity contribution in [3.63, 3.8) is 0 Å². The van der Waals surface area contributed by atoms with E-state index in [1.807, 2.05) is 0 Å². The van der Waals surface area contributed by atoms with Crippen LogP contribution in [0.3, 0.4) is 0 Å². The Morgan fingerprint density at radius 2 is 1.60 bits per heavy atom. The largest absolute Gasteiger partial charge is 0.352 e. The Labute approximate surface area is 181 Å². The van der Waals surface area contributed by atoms with Gasteiger partial charge in [0, 0.05) is 6.04 Å². The van der Waals surface area contributed by atoms with E-state index in [0.717, 1.165) is 50.8 Å². The highest BCUT2D eigenvalue weighted by atomic mass is 16.2. The summed E-state index contributed by atoms with van der Waals surface area (Å²) in [5.41, 5.74) is 3.81. The fourth-order valence-electron chi connectivity index (χ4n) is 5.17. The van der Waals surface area contributed by atoms with E-state index in [4.69, 9.17) is 0 Å². The number of rotatable bonds is 6. The van der Waals surface area contributed by atoms with Gasteiger partial charge in [0.2, 0.25) is 5.91 Å². The van der Waals surface area contributed by atoms with Crippen LogP contribution in [0.5, 0.6) is 0 Å². The number of aryl methyl sites for hydroxylation is 1. The van der Waals surface area contributed by atoms with Crippen LogP contribution >= 0.6 is 0 Å². The van der Waals surface area contributed by atoms with Crippen LogP contribution in [0.1, 0.15) is 67.7 Å². The first kappa shape index (κ1) is 21.1. The van der Waals surface area contributed by atoms with Crippen molar-refractivity contribution in [3.05, 3.63) is 71.3 Å². The molecule has 0 bridgehead atoms. The number of hydrogen-bond acceptors (Lipinski definition) is 2. The first-order chi connectivity index (χ1) is 14.7. The van der Waals surface area contributed by atoms with Crippen LogP contribution in [0.15, 0.2) is 54.6 Å². The lowest BCUT2D eigenvalue weighted by molar-refractivity contribution is -0.128. The molecule has 1 unspecified atom stereocenters. The van der Waals surface area contributed by atoms with Crippen molar-refractivity contribution in [1.29, 1.82) is 0 Å². The third-order valence-electron chi connectivity index (χ3n) is 6.97. The van der Waals surface area contributed by atoms with Gasteiger partial charge in [-0.25, -0.2) is 0 Å². The lowest BCUT2D eigenvalue weighted by atomic mass is 9.88. The summed E-state index contributed by atoms with van der Waals surface area (Å²) in [6.45, 7) is 4.10. The van der Waals surface area contributed by atoms with Crippen molar-refractivity contribution in [1.82, 2.24) is 10.2 Å². The summed E-state index contributed by atoms with van der Waals surface area (Å²) in [5.74, 6) is 0.913. The second-order valence-electron chi connectivity index (χ2n) is 9.33. The van der Waals surface area contributed by atoms with E-state index in [2.05, 4.69) is 71.7 Å². The van der Waals surface area contributed by atoms with Crippen molar-refractivity contribution >= 4 is 5.91 Å². The molecule has 1 N–H and O–H groups in total. The molecule has 0 aromatic heterocycles. The van der Waals surface area contributed by atoms with E-state index in [9.17, 15) is 4.79 Å². The minimum Gasteiger partial charge on any atom is -0.352 e. The van der Waals surface area contributed by atoms with Crippen LogP contribution in [0, 0.1) is 12.8 Å². The molecule has 4 rings (SSSR count).